The van der Waals surface area contributed by atoms with Crippen molar-refractivity contribution in [2.45, 2.75) is 12.8 Å². The minimum Gasteiger partial charge on any atom is -0.550 e. The minimum atomic E-state index is -1.16. The number of nitrogens with zero attached hydrogens (tertiary/aromatic N) is 1. The van der Waals surface area contributed by atoms with Crippen molar-refractivity contribution in [2.24, 2.45) is 5.10 Å². The number of amides is 1. The third-order valence-corrected chi connectivity index (χ3v) is 3.81. The fourth-order valence-corrected chi connectivity index (χ4v) is 2.30. The van der Waals surface area contributed by atoms with Gasteiger partial charge in [-0.2, -0.15) is 5.10 Å². The lowest BCUT2D eigenvalue weighted by Gasteiger charge is -2.09. The van der Waals surface area contributed by atoms with Crippen LogP contribution in [0.25, 0.3) is 0 Å². The highest BCUT2D eigenvalue weighted by Crippen LogP contribution is 2.13. The van der Waals surface area contributed by atoms with Gasteiger partial charge in [-0.15, -0.1) is 0 Å². The molecule has 0 aromatic heterocycles. The van der Waals surface area contributed by atoms with Crippen molar-refractivity contribution in [3.8, 4) is 0 Å². The Hall–Kier alpha value is -2.67. The summed E-state index contributed by atoms with van der Waals surface area (Å²) in [6.07, 6.45) is -0.0105. The van der Waals surface area contributed by atoms with Crippen molar-refractivity contribution in [3.05, 3.63) is 64.6 Å². The molecule has 0 atom stereocenters. The van der Waals surface area contributed by atoms with Crippen LogP contribution in [-0.4, -0.2) is 24.1 Å². The molecule has 0 fully saturated rings. The predicted octanol–water partition coefficient (Wildman–Crippen LogP) is 1.91. The molecule has 0 spiro atoms. The Kier molecular flexibility index (Phi) is 7.16. The van der Waals surface area contributed by atoms with Crippen LogP contribution in [0.5, 0.6) is 0 Å². The molecule has 0 bridgehead atoms. The first-order valence-electron chi connectivity index (χ1n) is 7.64. The van der Waals surface area contributed by atoms with Crippen LogP contribution in [0.4, 0.5) is 5.69 Å². The molecule has 7 heteroatoms. The molecule has 0 heterocycles. The first-order chi connectivity index (χ1) is 12.0. The Balaban J connectivity index is 1.99. The second-order valence-corrected chi connectivity index (χ2v) is 6.11. The van der Waals surface area contributed by atoms with Crippen LogP contribution >= 0.6 is 15.9 Å². The van der Waals surface area contributed by atoms with E-state index >= 15 is 0 Å². The highest BCUT2D eigenvalue weighted by atomic mass is 79.9. The number of aliphatic carboxylic acids is 1. The number of hydrogen-bond donors (Lipinski definition) is 2. The minimum absolute atomic E-state index is 0.0572. The lowest BCUT2D eigenvalue weighted by Crippen LogP contribution is -2.28. The van der Waals surface area contributed by atoms with E-state index in [9.17, 15) is 14.7 Å². The van der Waals surface area contributed by atoms with Gasteiger partial charge in [0.05, 0.1) is 12.3 Å². The number of benzene rings is 2. The van der Waals surface area contributed by atoms with E-state index in [0.29, 0.717) is 5.71 Å². The SMILES string of the molecule is O=C([O-])CC/C(=N/NC(=O)CNc1ccccc1)c1ccc(Br)cc1. The van der Waals surface area contributed by atoms with Crippen LogP contribution < -0.4 is 15.8 Å². The van der Waals surface area contributed by atoms with Crippen molar-refractivity contribution in [3.63, 3.8) is 0 Å². The van der Waals surface area contributed by atoms with Gasteiger partial charge in [0, 0.05) is 16.1 Å². The summed E-state index contributed by atoms with van der Waals surface area (Å²) in [5.74, 6) is -1.49. The van der Waals surface area contributed by atoms with E-state index < -0.39 is 5.97 Å². The van der Waals surface area contributed by atoms with Gasteiger partial charge in [-0.1, -0.05) is 46.3 Å². The zero-order valence-electron chi connectivity index (χ0n) is 13.4. The number of para-hydroxylation sites is 1. The summed E-state index contributed by atoms with van der Waals surface area (Å²) >= 11 is 3.34. The van der Waals surface area contributed by atoms with E-state index in [1.165, 1.54) is 0 Å². The number of rotatable bonds is 8. The van der Waals surface area contributed by atoms with Gasteiger partial charge in [0.1, 0.15) is 0 Å². The topological polar surface area (TPSA) is 93.6 Å². The third kappa shape index (κ3) is 6.76. The third-order valence-electron chi connectivity index (χ3n) is 3.29. The van der Waals surface area contributed by atoms with Gasteiger partial charge in [0.25, 0.3) is 5.91 Å². The van der Waals surface area contributed by atoms with E-state index in [0.717, 1.165) is 15.7 Å². The monoisotopic (exact) mass is 402 g/mol. The molecule has 2 N–H and O–H groups in total. The molecule has 0 saturated heterocycles. The van der Waals surface area contributed by atoms with Crippen LogP contribution in [0.15, 0.2) is 64.2 Å². The number of hydrazone groups is 1. The van der Waals surface area contributed by atoms with E-state index in [2.05, 4.69) is 31.8 Å². The molecule has 0 unspecified atom stereocenters. The molecule has 130 valence electrons. The Morgan fingerprint density at radius 2 is 1.68 bits per heavy atom. The standard InChI is InChI=1S/C18H18BrN3O3/c19-14-8-6-13(7-9-14)16(10-11-18(24)25)21-22-17(23)12-20-15-4-2-1-3-5-15/h1-9,20H,10-12H2,(H,22,23)(H,24,25)/p-1/b21-16-. The molecular formula is C18H17BrN3O3-. The largest absolute Gasteiger partial charge is 0.550 e. The summed E-state index contributed by atoms with van der Waals surface area (Å²) in [6, 6.07) is 16.6. The van der Waals surface area contributed by atoms with Gasteiger partial charge in [0.2, 0.25) is 0 Å². The summed E-state index contributed by atoms with van der Waals surface area (Å²) in [6.45, 7) is 0.0572. The Bertz CT molecular complexity index is 746. The maximum absolute atomic E-state index is 11.9. The van der Waals surface area contributed by atoms with Crippen molar-refractivity contribution >= 4 is 39.2 Å². The Labute approximate surface area is 154 Å². The summed E-state index contributed by atoms with van der Waals surface area (Å²) in [4.78, 5) is 22.6. The fourth-order valence-electron chi connectivity index (χ4n) is 2.04. The first-order valence-corrected chi connectivity index (χ1v) is 8.44. The highest BCUT2D eigenvalue weighted by Gasteiger charge is 2.06. The first kappa shape index (κ1) is 18.7. The van der Waals surface area contributed by atoms with Gasteiger partial charge in [-0.3, -0.25) is 4.79 Å². The van der Waals surface area contributed by atoms with Crippen LogP contribution in [0.3, 0.4) is 0 Å². The Morgan fingerprint density at radius 1 is 1.00 bits per heavy atom. The highest BCUT2D eigenvalue weighted by molar-refractivity contribution is 9.10. The number of nitrogens with one attached hydrogen (secondary N) is 2. The quantitative estimate of drug-likeness (QED) is 0.520. The van der Waals surface area contributed by atoms with Crippen LogP contribution in [-0.2, 0) is 9.59 Å². The van der Waals surface area contributed by atoms with Crippen molar-refractivity contribution in [2.75, 3.05) is 11.9 Å². The zero-order valence-corrected chi connectivity index (χ0v) is 15.0. The summed E-state index contributed by atoms with van der Waals surface area (Å²) in [7, 11) is 0. The normalized spacial score (nSPS) is 11.0. The molecule has 1 amide bonds. The number of halogens is 1. The second kappa shape index (κ2) is 9.58. The summed E-state index contributed by atoms with van der Waals surface area (Å²) < 4.78 is 0.895. The average molecular weight is 403 g/mol. The molecule has 0 aliphatic rings. The lowest BCUT2D eigenvalue weighted by atomic mass is 10.1. The van der Waals surface area contributed by atoms with Gasteiger partial charge < -0.3 is 15.2 Å². The molecular weight excluding hydrogens is 386 g/mol. The van der Waals surface area contributed by atoms with Crippen molar-refractivity contribution < 1.29 is 14.7 Å². The number of carbonyl (C=O) groups excluding carboxylic acids is 2. The van der Waals surface area contributed by atoms with Crippen LogP contribution in [0.2, 0.25) is 0 Å². The smallest absolute Gasteiger partial charge is 0.259 e. The number of carboxylic acids is 1. The molecule has 2 rings (SSSR count). The van der Waals surface area contributed by atoms with Crippen molar-refractivity contribution in [1.82, 2.24) is 5.43 Å². The van der Waals surface area contributed by atoms with Crippen molar-refractivity contribution in [1.29, 1.82) is 0 Å². The molecule has 0 saturated carbocycles. The molecule has 2 aromatic rings. The van der Waals surface area contributed by atoms with E-state index in [-0.39, 0.29) is 25.3 Å². The van der Waals surface area contributed by atoms with E-state index in [1.54, 1.807) is 12.1 Å². The number of carboxylic acid groups (broad SMARTS) is 1. The summed E-state index contributed by atoms with van der Waals surface area (Å²) in [5.41, 5.74) is 4.49. The maximum Gasteiger partial charge on any atom is 0.259 e. The van der Waals surface area contributed by atoms with Crippen LogP contribution in [0.1, 0.15) is 18.4 Å². The van der Waals surface area contributed by atoms with Gasteiger partial charge >= 0.3 is 0 Å². The molecule has 0 aliphatic heterocycles. The molecule has 2 aromatic carbocycles. The Morgan fingerprint density at radius 3 is 2.32 bits per heavy atom. The maximum atomic E-state index is 11.9. The van der Waals surface area contributed by atoms with Gasteiger partial charge in [-0.05, 0) is 42.7 Å². The lowest BCUT2D eigenvalue weighted by molar-refractivity contribution is -0.305. The average Bonchev–Trinajstić information content (AvgIpc) is 2.61. The molecule has 6 nitrogen and oxygen atoms in total. The zero-order chi connectivity index (χ0) is 18.1. The molecule has 0 aliphatic carbocycles. The second-order valence-electron chi connectivity index (χ2n) is 5.19. The van der Waals surface area contributed by atoms with E-state index in [1.807, 2.05) is 42.5 Å². The number of carbonyl (C=O) groups is 2. The van der Waals surface area contributed by atoms with E-state index in [4.69, 9.17) is 0 Å². The number of hydrogen-bond acceptors (Lipinski definition) is 5. The van der Waals surface area contributed by atoms with Gasteiger partial charge in [0.15, 0.2) is 0 Å². The predicted molar refractivity (Wildman–Crippen MR) is 98.0 cm³/mol. The van der Waals surface area contributed by atoms with Gasteiger partial charge in [-0.25, -0.2) is 5.43 Å². The molecule has 0 radical (unpaired) electrons. The number of anilines is 1. The summed E-state index contributed by atoms with van der Waals surface area (Å²) in [5, 5.41) is 17.8. The molecule has 25 heavy (non-hydrogen) atoms. The fraction of sp³-hybridized carbons (Fsp3) is 0.167. The van der Waals surface area contributed by atoms with Crippen LogP contribution in [0, 0.1) is 0 Å².